The van der Waals surface area contributed by atoms with Crippen LogP contribution in [0.2, 0.25) is 0 Å². The molecule has 0 amide bonds. The van der Waals surface area contributed by atoms with Crippen molar-refractivity contribution in [3.63, 3.8) is 0 Å². The van der Waals surface area contributed by atoms with E-state index in [1.807, 2.05) is 54.6 Å². The first kappa shape index (κ1) is 18.8. The summed E-state index contributed by atoms with van der Waals surface area (Å²) in [5.74, 6) is 1.77. The molecule has 3 aromatic carbocycles. The SMILES string of the molecule is CCc1ccc(OC(C)CNc2ccc(OCc3ccccc3)cc2)cc1. The Morgan fingerprint density at radius 1 is 0.778 bits per heavy atom. The maximum absolute atomic E-state index is 5.96. The minimum atomic E-state index is 0.0754. The Hall–Kier alpha value is -2.94. The Labute approximate surface area is 162 Å². The van der Waals surface area contributed by atoms with Gasteiger partial charge in [0.2, 0.25) is 0 Å². The van der Waals surface area contributed by atoms with Crippen molar-refractivity contribution in [3.8, 4) is 11.5 Å². The number of ether oxygens (including phenoxy) is 2. The second kappa shape index (κ2) is 9.67. The molecule has 0 aliphatic rings. The van der Waals surface area contributed by atoms with E-state index in [-0.39, 0.29) is 6.10 Å². The maximum Gasteiger partial charge on any atom is 0.119 e. The highest BCUT2D eigenvalue weighted by molar-refractivity contribution is 5.46. The average Bonchev–Trinajstić information content (AvgIpc) is 2.73. The average molecular weight is 361 g/mol. The van der Waals surface area contributed by atoms with Crippen molar-refractivity contribution in [1.82, 2.24) is 0 Å². The van der Waals surface area contributed by atoms with Gasteiger partial charge in [-0.3, -0.25) is 0 Å². The molecule has 1 N–H and O–H groups in total. The lowest BCUT2D eigenvalue weighted by Crippen LogP contribution is -2.22. The lowest BCUT2D eigenvalue weighted by Gasteiger charge is -2.16. The van der Waals surface area contributed by atoms with Crippen molar-refractivity contribution in [2.75, 3.05) is 11.9 Å². The Morgan fingerprint density at radius 2 is 1.44 bits per heavy atom. The standard InChI is InChI=1S/C24H27NO2/c1-3-20-9-13-24(14-10-20)27-19(2)17-25-22-11-15-23(16-12-22)26-18-21-7-5-4-6-8-21/h4-16,19,25H,3,17-18H2,1-2H3. The lowest BCUT2D eigenvalue weighted by atomic mass is 10.2. The van der Waals surface area contributed by atoms with Gasteiger partial charge in [0, 0.05) is 5.69 Å². The van der Waals surface area contributed by atoms with Crippen LogP contribution in [0, 0.1) is 0 Å². The summed E-state index contributed by atoms with van der Waals surface area (Å²) in [7, 11) is 0. The van der Waals surface area contributed by atoms with Crippen molar-refractivity contribution in [3.05, 3.63) is 90.0 Å². The van der Waals surface area contributed by atoms with Crippen molar-refractivity contribution in [1.29, 1.82) is 0 Å². The molecule has 0 spiro atoms. The molecule has 0 bridgehead atoms. The van der Waals surface area contributed by atoms with Crippen LogP contribution in [-0.4, -0.2) is 12.6 Å². The smallest absolute Gasteiger partial charge is 0.119 e. The molecule has 3 aromatic rings. The van der Waals surface area contributed by atoms with Crippen LogP contribution < -0.4 is 14.8 Å². The zero-order valence-electron chi connectivity index (χ0n) is 16.0. The molecule has 1 unspecified atom stereocenters. The minimum Gasteiger partial charge on any atom is -0.489 e. The molecule has 0 saturated carbocycles. The second-order valence-electron chi connectivity index (χ2n) is 6.61. The number of hydrogen-bond acceptors (Lipinski definition) is 3. The summed E-state index contributed by atoms with van der Waals surface area (Å²) in [6, 6.07) is 26.5. The van der Waals surface area contributed by atoms with E-state index in [0.717, 1.165) is 35.7 Å². The van der Waals surface area contributed by atoms with Gasteiger partial charge in [0.05, 0.1) is 6.54 Å². The van der Waals surface area contributed by atoms with E-state index in [1.54, 1.807) is 0 Å². The molecule has 0 aromatic heterocycles. The summed E-state index contributed by atoms with van der Waals surface area (Å²) >= 11 is 0. The Bertz CT molecular complexity index is 798. The molecule has 1 atom stereocenters. The molecule has 0 aliphatic carbocycles. The predicted octanol–water partition coefficient (Wildman–Crippen LogP) is 5.71. The van der Waals surface area contributed by atoms with Crippen LogP contribution in [0.15, 0.2) is 78.9 Å². The zero-order chi connectivity index (χ0) is 18.9. The summed E-state index contributed by atoms with van der Waals surface area (Å²) in [4.78, 5) is 0. The van der Waals surface area contributed by atoms with E-state index < -0.39 is 0 Å². The molecular weight excluding hydrogens is 334 g/mol. The molecule has 3 rings (SSSR count). The number of nitrogens with one attached hydrogen (secondary N) is 1. The Morgan fingerprint density at radius 3 is 2.11 bits per heavy atom. The van der Waals surface area contributed by atoms with Gasteiger partial charge in [-0.2, -0.15) is 0 Å². The maximum atomic E-state index is 5.96. The molecule has 27 heavy (non-hydrogen) atoms. The fourth-order valence-corrected chi connectivity index (χ4v) is 2.75. The van der Waals surface area contributed by atoms with Crippen LogP contribution in [0.4, 0.5) is 5.69 Å². The summed E-state index contributed by atoms with van der Waals surface area (Å²) in [6.07, 6.45) is 1.12. The van der Waals surface area contributed by atoms with E-state index >= 15 is 0 Å². The Balaban J connectivity index is 1.43. The topological polar surface area (TPSA) is 30.5 Å². The summed E-state index contributed by atoms with van der Waals surface area (Å²) in [5, 5.41) is 3.41. The largest absolute Gasteiger partial charge is 0.489 e. The predicted molar refractivity (Wildman–Crippen MR) is 112 cm³/mol. The second-order valence-corrected chi connectivity index (χ2v) is 6.61. The van der Waals surface area contributed by atoms with E-state index in [4.69, 9.17) is 9.47 Å². The van der Waals surface area contributed by atoms with Crippen LogP contribution in [0.3, 0.4) is 0 Å². The van der Waals surface area contributed by atoms with Gasteiger partial charge in [0.15, 0.2) is 0 Å². The van der Waals surface area contributed by atoms with Crippen LogP contribution >= 0.6 is 0 Å². The molecular formula is C24H27NO2. The number of benzene rings is 3. The third kappa shape index (κ3) is 6.07. The van der Waals surface area contributed by atoms with Crippen LogP contribution in [-0.2, 0) is 13.0 Å². The highest BCUT2D eigenvalue weighted by atomic mass is 16.5. The molecule has 0 fully saturated rings. The van der Waals surface area contributed by atoms with Crippen molar-refractivity contribution >= 4 is 5.69 Å². The molecule has 140 valence electrons. The van der Waals surface area contributed by atoms with Crippen LogP contribution in [0.5, 0.6) is 11.5 Å². The summed E-state index contributed by atoms with van der Waals surface area (Å²) < 4.78 is 11.8. The van der Waals surface area contributed by atoms with E-state index in [1.165, 1.54) is 5.56 Å². The molecule has 0 heterocycles. The molecule has 3 nitrogen and oxygen atoms in total. The lowest BCUT2D eigenvalue weighted by molar-refractivity contribution is 0.234. The molecule has 0 radical (unpaired) electrons. The van der Waals surface area contributed by atoms with Gasteiger partial charge in [-0.05, 0) is 60.9 Å². The van der Waals surface area contributed by atoms with Gasteiger partial charge in [-0.15, -0.1) is 0 Å². The summed E-state index contributed by atoms with van der Waals surface area (Å²) in [6.45, 7) is 5.54. The Kier molecular flexibility index (Phi) is 6.75. The van der Waals surface area contributed by atoms with Crippen molar-refractivity contribution in [2.24, 2.45) is 0 Å². The van der Waals surface area contributed by atoms with Crippen LogP contribution in [0.1, 0.15) is 25.0 Å². The monoisotopic (exact) mass is 361 g/mol. The van der Waals surface area contributed by atoms with Gasteiger partial charge in [-0.1, -0.05) is 49.4 Å². The zero-order valence-corrected chi connectivity index (χ0v) is 16.0. The fraction of sp³-hybridized carbons (Fsp3) is 0.250. The van der Waals surface area contributed by atoms with Gasteiger partial charge in [-0.25, -0.2) is 0 Å². The van der Waals surface area contributed by atoms with E-state index in [0.29, 0.717) is 6.61 Å². The van der Waals surface area contributed by atoms with Gasteiger partial charge >= 0.3 is 0 Å². The van der Waals surface area contributed by atoms with E-state index in [2.05, 4.69) is 43.4 Å². The van der Waals surface area contributed by atoms with Crippen molar-refractivity contribution < 1.29 is 9.47 Å². The third-order valence-corrected chi connectivity index (χ3v) is 4.37. The summed E-state index contributed by atoms with van der Waals surface area (Å²) in [5.41, 5.74) is 3.54. The van der Waals surface area contributed by atoms with Gasteiger partial charge in [0.1, 0.15) is 24.2 Å². The first-order valence-corrected chi connectivity index (χ1v) is 9.49. The third-order valence-electron chi connectivity index (χ3n) is 4.37. The normalized spacial score (nSPS) is 11.6. The van der Waals surface area contributed by atoms with Gasteiger partial charge < -0.3 is 14.8 Å². The first-order valence-electron chi connectivity index (χ1n) is 9.49. The number of rotatable bonds is 9. The number of anilines is 1. The van der Waals surface area contributed by atoms with Crippen LogP contribution in [0.25, 0.3) is 0 Å². The highest BCUT2D eigenvalue weighted by Gasteiger charge is 2.04. The quantitative estimate of drug-likeness (QED) is 0.530. The van der Waals surface area contributed by atoms with E-state index in [9.17, 15) is 0 Å². The molecule has 0 saturated heterocycles. The number of hydrogen-bond donors (Lipinski definition) is 1. The van der Waals surface area contributed by atoms with Gasteiger partial charge in [0.25, 0.3) is 0 Å². The molecule has 0 aliphatic heterocycles. The fourth-order valence-electron chi connectivity index (χ4n) is 2.75. The highest BCUT2D eigenvalue weighted by Crippen LogP contribution is 2.18. The first-order chi connectivity index (χ1) is 13.2. The minimum absolute atomic E-state index is 0.0754. The number of aryl methyl sites for hydroxylation is 1. The molecule has 3 heteroatoms. The van der Waals surface area contributed by atoms with Crippen molar-refractivity contribution in [2.45, 2.75) is 33.0 Å².